The third kappa shape index (κ3) is 3.02. The molecule has 0 bridgehead atoms. The normalized spacial score (nSPS) is 14.8. The number of nitro groups is 1. The zero-order valence-electron chi connectivity index (χ0n) is 13.9. The summed E-state index contributed by atoms with van der Waals surface area (Å²) in [6.07, 6.45) is 4.16. The highest BCUT2D eigenvalue weighted by Crippen LogP contribution is 2.39. The number of para-hydroxylation sites is 1. The van der Waals surface area contributed by atoms with Crippen molar-refractivity contribution in [3.05, 3.63) is 46.3 Å². The molecule has 3 rings (SSSR count). The van der Waals surface area contributed by atoms with E-state index in [0.29, 0.717) is 12.4 Å². The van der Waals surface area contributed by atoms with E-state index < -0.39 is 4.92 Å². The average Bonchev–Trinajstić information content (AvgIpc) is 2.60. The number of benzene rings is 1. The number of nitrogens with zero attached hydrogens (tertiary/aromatic N) is 4. The van der Waals surface area contributed by atoms with Gasteiger partial charge in [-0.15, -0.1) is 0 Å². The van der Waals surface area contributed by atoms with Crippen LogP contribution in [0.2, 0.25) is 0 Å². The molecule has 0 radical (unpaired) electrons. The standard InChI is InChI=1S/C17H21N5O2/c1-3-12(2)20-16-15(22(23)24)17(19-11-18-16)21-10-6-8-13-7-4-5-9-14(13)21/h4-5,7,9,11-12H,3,6,8,10H2,1-2H3,(H,18,19,20). The summed E-state index contributed by atoms with van der Waals surface area (Å²) < 4.78 is 0. The average molecular weight is 327 g/mol. The maximum Gasteiger partial charge on any atom is 0.353 e. The maximum atomic E-state index is 11.7. The topological polar surface area (TPSA) is 84.2 Å². The molecule has 7 nitrogen and oxygen atoms in total. The van der Waals surface area contributed by atoms with Gasteiger partial charge in [-0.05, 0) is 37.8 Å². The van der Waals surface area contributed by atoms with Gasteiger partial charge in [0.15, 0.2) is 0 Å². The van der Waals surface area contributed by atoms with Crippen molar-refractivity contribution in [2.75, 3.05) is 16.8 Å². The summed E-state index contributed by atoms with van der Waals surface area (Å²) in [5.74, 6) is 0.635. The molecule has 2 heterocycles. The summed E-state index contributed by atoms with van der Waals surface area (Å²) >= 11 is 0. The van der Waals surface area contributed by atoms with E-state index in [9.17, 15) is 10.1 Å². The number of rotatable bonds is 5. The van der Waals surface area contributed by atoms with Crippen LogP contribution in [0.3, 0.4) is 0 Å². The van der Waals surface area contributed by atoms with Gasteiger partial charge < -0.3 is 10.2 Å². The molecular formula is C17H21N5O2. The van der Waals surface area contributed by atoms with E-state index >= 15 is 0 Å². The van der Waals surface area contributed by atoms with Crippen LogP contribution in [0.4, 0.5) is 23.0 Å². The Kier molecular flexibility index (Phi) is 4.59. The Balaban J connectivity index is 2.09. The molecule has 0 spiro atoms. The Hall–Kier alpha value is -2.70. The summed E-state index contributed by atoms with van der Waals surface area (Å²) in [7, 11) is 0. The lowest BCUT2D eigenvalue weighted by Gasteiger charge is -2.30. The smallest absolute Gasteiger partial charge is 0.353 e. The second-order valence-electron chi connectivity index (χ2n) is 5.99. The fourth-order valence-electron chi connectivity index (χ4n) is 2.93. The lowest BCUT2D eigenvalue weighted by Crippen LogP contribution is -2.27. The van der Waals surface area contributed by atoms with Crippen molar-refractivity contribution in [2.24, 2.45) is 0 Å². The van der Waals surface area contributed by atoms with Crippen molar-refractivity contribution in [1.29, 1.82) is 0 Å². The highest BCUT2D eigenvalue weighted by Gasteiger charge is 2.30. The molecule has 0 amide bonds. The molecule has 1 aromatic carbocycles. The molecule has 126 valence electrons. The number of aromatic nitrogens is 2. The Bertz CT molecular complexity index is 750. The van der Waals surface area contributed by atoms with Crippen LogP contribution in [-0.4, -0.2) is 27.5 Å². The molecule has 1 N–H and O–H groups in total. The van der Waals surface area contributed by atoms with Gasteiger partial charge in [0.25, 0.3) is 0 Å². The number of hydrogen-bond acceptors (Lipinski definition) is 6. The molecule has 1 unspecified atom stereocenters. The molecule has 1 atom stereocenters. The molecule has 0 aliphatic carbocycles. The molecule has 7 heteroatoms. The van der Waals surface area contributed by atoms with Crippen LogP contribution in [0.25, 0.3) is 0 Å². The molecule has 0 saturated carbocycles. The lowest BCUT2D eigenvalue weighted by molar-refractivity contribution is -0.383. The zero-order valence-corrected chi connectivity index (χ0v) is 13.9. The molecule has 2 aromatic rings. The van der Waals surface area contributed by atoms with Crippen LogP contribution in [-0.2, 0) is 6.42 Å². The SMILES string of the molecule is CCC(C)Nc1ncnc(N2CCCc3ccccc32)c1[N+](=O)[O-]. The van der Waals surface area contributed by atoms with E-state index in [1.165, 1.54) is 11.9 Å². The van der Waals surface area contributed by atoms with Crippen LogP contribution in [0.5, 0.6) is 0 Å². The Morgan fingerprint density at radius 2 is 2.17 bits per heavy atom. The summed E-state index contributed by atoms with van der Waals surface area (Å²) in [5, 5.41) is 14.9. The van der Waals surface area contributed by atoms with Gasteiger partial charge in [-0.2, -0.15) is 0 Å². The summed E-state index contributed by atoms with van der Waals surface area (Å²) in [4.78, 5) is 21.6. The van der Waals surface area contributed by atoms with E-state index in [2.05, 4.69) is 21.4 Å². The molecule has 24 heavy (non-hydrogen) atoms. The minimum Gasteiger partial charge on any atom is -0.362 e. The van der Waals surface area contributed by atoms with Gasteiger partial charge in [0.2, 0.25) is 11.6 Å². The Morgan fingerprint density at radius 3 is 2.92 bits per heavy atom. The number of hydrogen-bond donors (Lipinski definition) is 1. The number of nitrogens with one attached hydrogen (secondary N) is 1. The first-order valence-electron chi connectivity index (χ1n) is 8.23. The quantitative estimate of drug-likeness (QED) is 0.666. The van der Waals surface area contributed by atoms with Crippen molar-refractivity contribution in [2.45, 2.75) is 39.2 Å². The van der Waals surface area contributed by atoms with Gasteiger partial charge >= 0.3 is 5.69 Å². The Morgan fingerprint density at radius 1 is 1.38 bits per heavy atom. The van der Waals surface area contributed by atoms with E-state index in [1.54, 1.807) is 0 Å². The lowest BCUT2D eigenvalue weighted by atomic mass is 10.0. The number of aryl methyl sites for hydroxylation is 1. The highest BCUT2D eigenvalue weighted by molar-refractivity contribution is 5.77. The molecule has 1 aromatic heterocycles. The van der Waals surface area contributed by atoms with Crippen LogP contribution in [0, 0.1) is 10.1 Å². The molecule has 1 aliphatic heterocycles. The first-order chi connectivity index (χ1) is 11.6. The second kappa shape index (κ2) is 6.82. The number of anilines is 3. The van der Waals surface area contributed by atoms with Gasteiger partial charge in [0.1, 0.15) is 6.33 Å². The highest BCUT2D eigenvalue weighted by atomic mass is 16.6. The Labute approximate surface area is 140 Å². The summed E-state index contributed by atoms with van der Waals surface area (Å²) in [6.45, 7) is 4.70. The van der Waals surface area contributed by atoms with E-state index in [-0.39, 0.29) is 17.5 Å². The molecule has 0 saturated heterocycles. The van der Waals surface area contributed by atoms with E-state index in [4.69, 9.17) is 0 Å². The first kappa shape index (κ1) is 16.2. The van der Waals surface area contributed by atoms with E-state index in [1.807, 2.05) is 36.9 Å². The third-order valence-electron chi connectivity index (χ3n) is 4.35. The molecular weight excluding hydrogens is 306 g/mol. The van der Waals surface area contributed by atoms with Crippen molar-refractivity contribution in [1.82, 2.24) is 9.97 Å². The van der Waals surface area contributed by atoms with Gasteiger partial charge in [0.05, 0.1) is 4.92 Å². The maximum absolute atomic E-state index is 11.7. The van der Waals surface area contributed by atoms with Gasteiger partial charge in [-0.25, -0.2) is 9.97 Å². The van der Waals surface area contributed by atoms with Crippen molar-refractivity contribution in [3.8, 4) is 0 Å². The minimum atomic E-state index is -0.392. The van der Waals surface area contributed by atoms with Crippen LogP contribution in [0.15, 0.2) is 30.6 Å². The van der Waals surface area contributed by atoms with Crippen molar-refractivity contribution >= 4 is 23.0 Å². The van der Waals surface area contributed by atoms with Crippen LogP contribution in [0.1, 0.15) is 32.3 Å². The van der Waals surface area contributed by atoms with Gasteiger partial charge in [-0.1, -0.05) is 25.1 Å². The fraction of sp³-hybridized carbons (Fsp3) is 0.412. The van der Waals surface area contributed by atoms with Gasteiger partial charge in [0, 0.05) is 18.3 Å². The monoisotopic (exact) mass is 327 g/mol. The fourth-order valence-corrected chi connectivity index (χ4v) is 2.93. The predicted octanol–water partition coefficient (Wildman–Crippen LogP) is 3.68. The van der Waals surface area contributed by atoms with Crippen molar-refractivity contribution in [3.63, 3.8) is 0 Å². The minimum absolute atomic E-state index is 0.0606. The predicted molar refractivity (Wildman–Crippen MR) is 93.8 cm³/mol. The van der Waals surface area contributed by atoms with E-state index in [0.717, 1.165) is 24.9 Å². The number of fused-ring (bicyclic) bond motifs is 1. The third-order valence-corrected chi connectivity index (χ3v) is 4.35. The zero-order chi connectivity index (χ0) is 17.1. The summed E-state index contributed by atoms with van der Waals surface area (Å²) in [5.41, 5.74) is 2.11. The van der Waals surface area contributed by atoms with Crippen LogP contribution >= 0.6 is 0 Å². The second-order valence-corrected chi connectivity index (χ2v) is 5.99. The largest absolute Gasteiger partial charge is 0.362 e. The molecule has 0 fully saturated rings. The van der Waals surface area contributed by atoms with Crippen LogP contribution < -0.4 is 10.2 Å². The van der Waals surface area contributed by atoms with Crippen molar-refractivity contribution < 1.29 is 4.92 Å². The molecule has 1 aliphatic rings. The van der Waals surface area contributed by atoms with Gasteiger partial charge in [-0.3, -0.25) is 10.1 Å². The first-order valence-corrected chi connectivity index (χ1v) is 8.23. The summed E-state index contributed by atoms with van der Waals surface area (Å²) in [6, 6.07) is 8.09.